The van der Waals surface area contributed by atoms with Crippen LogP contribution in [0, 0.1) is 0 Å². The van der Waals surface area contributed by atoms with Crippen LogP contribution >= 0.6 is 18.6 Å². The molecule has 1 nitrogen and oxygen atoms in total. The molecule has 0 fully saturated rings. The van der Waals surface area contributed by atoms with Gasteiger partial charge in [0.15, 0.2) is 0 Å². The van der Waals surface area contributed by atoms with Crippen molar-refractivity contribution < 1.29 is 17.0 Å². The summed E-state index contributed by atoms with van der Waals surface area (Å²) in [5, 5.41) is 0. The van der Waals surface area contributed by atoms with Crippen LogP contribution in [0.1, 0.15) is 0 Å². The fraction of sp³-hybridized carbons (Fsp3) is 1.00. The van der Waals surface area contributed by atoms with Crippen molar-refractivity contribution in [2.24, 2.45) is 0 Å². The van der Waals surface area contributed by atoms with Crippen LogP contribution in [0.15, 0.2) is 0 Å². The van der Waals surface area contributed by atoms with E-state index in [0.717, 1.165) is 0 Å². The Morgan fingerprint density at radius 2 is 1.00 bits per heavy atom. The second-order valence-corrected chi connectivity index (χ2v) is 16.7. The predicted molar refractivity (Wildman–Crippen MR) is 61.8 cm³/mol. The zero-order valence-corrected chi connectivity index (χ0v) is 13.8. The fourth-order valence-corrected chi connectivity index (χ4v) is 9.06. The zero-order chi connectivity index (χ0) is 10.4. The molecule has 0 aliphatic carbocycles. The van der Waals surface area contributed by atoms with Crippen LogP contribution in [0.4, 0.5) is 0 Å². The van der Waals surface area contributed by atoms with Gasteiger partial charge >= 0.3 is 35.6 Å². The molecule has 0 heterocycles. The van der Waals surface area contributed by atoms with E-state index in [1.807, 2.05) is 0 Å². The van der Waals surface area contributed by atoms with Gasteiger partial charge in [0.1, 0.15) is 0 Å². The Labute approximate surface area is 95.5 Å². The van der Waals surface area contributed by atoms with E-state index in [9.17, 15) is 0 Å². The number of hydrogen-bond donors (Lipinski definition) is 0. The van der Waals surface area contributed by atoms with E-state index in [2.05, 4.69) is 39.3 Å². The van der Waals surface area contributed by atoms with Crippen molar-refractivity contribution in [2.45, 2.75) is 39.3 Å². The fourth-order valence-electron chi connectivity index (χ4n) is 1.01. The van der Waals surface area contributed by atoms with E-state index < -0.39 is 33.5 Å². The van der Waals surface area contributed by atoms with Crippen molar-refractivity contribution in [1.29, 1.82) is 0 Å². The summed E-state index contributed by atoms with van der Waals surface area (Å²) in [6.07, 6.45) is 0. The summed E-state index contributed by atoms with van der Waals surface area (Å²) < 4.78 is 4.82. The van der Waals surface area contributed by atoms with Gasteiger partial charge in [0, 0.05) is 0 Å². The number of hydrogen-bond acceptors (Lipinski definition) is 0. The van der Waals surface area contributed by atoms with Crippen LogP contribution < -0.4 is 0 Å². The molecule has 0 atom stereocenters. The third-order valence-corrected chi connectivity index (χ3v) is 6.04. The van der Waals surface area contributed by atoms with Gasteiger partial charge in [-0.25, -0.2) is 0 Å². The van der Waals surface area contributed by atoms with E-state index >= 15 is 0 Å². The SMILES string of the molecule is C[Si](C)(C)[N-][Si](C)(C)C.[Cl][Ti][Cl]. The summed E-state index contributed by atoms with van der Waals surface area (Å²) in [5.41, 5.74) is 0. The minimum absolute atomic E-state index is 0.556. The zero-order valence-electron chi connectivity index (χ0n) is 8.70. The summed E-state index contributed by atoms with van der Waals surface area (Å²) in [4.78, 5) is 0. The van der Waals surface area contributed by atoms with E-state index in [1.54, 1.807) is 0 Å². The molecule has 74 valence electrons. The molecular formula is C6H18Cl2NSi2Ti-. The number of halogens is 2. The van der Waals surface area contributed by atoms with Crippen LogP contribution in [0.25, 0.3) is 4.65 Å². The van der Waals surface area contributed by atoms with Crippen molar-refractivity contribution in [3.63, 3.8) is 0 Å². The van der Waals surface area contributed by atoms with Crippen LogP contribution in [-0.4, -0.2) is 16.5 Å². The predicted octanol–water partition coefficient (Wildman–Crippen LogP) is 4.41. The van der Waals surface area contributed by atoms with E-state index in [0.29, 0.717) is 0 Å². The molecule has 0 bridgehead atoms. The van der Waals surface area contributed by atoms with Gasteiger partial charge in [0.05, 0.1) is 0 Å². The van der Waals surface area contributed by atoms with Gasteiger partial charge in [-0.15, -0.1) is 0 Å². The van der Waals surface area contributed by atoms with Gasteiger partial charge in [0.25, 0.3) is 0 Å². The molecule has 0 saturated heterocycles. The Bertz CT molecular complexity index is 99.1. The van der Waals surface area contributed by atoms with Crippen molar-refractivity contribution in [3.8, 4) is 0 Å². The second-order valence-electron chi connectivity index (χ2n) is 4.52. The molecule has 0 saturated carbocycles. The third kappa shape index (κ3) is 22.6. The molecule has 6 heteroatoms. The van der Waals surface area contributed by atoms with E-state index in [4.69, 9.17) is 23.3 Å². The molecule has 0 aromatic carbocycles. The van der Waals surface area contributed by atoms with Crippen molar-refractivity contribution in [1.82, 2.24) is 0 Å². The Hall–Kier alpha value is 1.69. The summed E-state index contributed by atoms with van der Waals surface area (Å²) in [5.74, 6) is 0. The molecule has 0 N–H and O–H groups in total. The summed E-state index contributed by atoms with van der Waals surface area (Å²) in [6.45, 7) is 13.8. The maximum absolute atomic E-state index is 4.89. The van der Waals surface area contributed by atoms with Gasteiger partial charge in [-0.2, -0.15) is 0 Å². The van der Waals surface area contributed by atoms with Crippen LogP contribution in [0.5, 0.6) is 0 Å². The third-order valence-electron chi connectivity index (χ3n) is 0.671. The van der Waals surface area contributed by atoms with Crippen molar-refractivity contribution >= 4 is 35.1 Å². The second kappa shape index (κ2) is 7.04. The number of rotatable bonds is 2. The van der Waals surface area contributed by atoms with Gasteiger partial charge in [-0.05, 0) is 0 Å². The molecule has 0 radical (unpaired) electrons. The summed E-state index contributed by atoms with van der Waals surface area (Å²) >= 11 is -0.556. The molecule has 0 aliphatic heterocycles. The first-order valence-corrected chi connectivity index (χ1v) is 15.0. The Morgan fingerprint density at radius 3 is 1.00 bits per heavy atom. The monoisotopic (exact) mass is 278 g/mol. The standard InChI is InChI=1S/C6H18NSi2.2ClH.Ti/c1-8(2,3)7-9(4,5)6;;;/h1-6H3;2*1H;/q-1;;;+2/p-2. The molecule has 0 aromatic heterocycles. The average Bonchev–Trinajstić information content (AvgIpc) is 1.53. The van der Waals surface area contributed by atoms with Crippen molar-refractivity contribution in [2.75, 3.05) is 0 Å². The first-order valence-electron chi connectivity index (χ1n) is 3.83. The molecule has 0 spiro atoms. The van der Waals surface area contributed by atoms with Crippen LogP contribution in [0.2, 0.25) is 39.3 Å². The summed E-state index contributed by atoms with van der Waals surface area (Å²) in [7, 11) is 7.57. The Morgan fingerprint density at radius 1 is 0.833 bits per heavy atom. The molecule has 0 aliphatic rings. The minimum atomic E-state index is -1.11. The topological polar surface area (TPSA) is 14.1 Å². The average molecular weight is 279 g/mol. The molecule has 12 heavy (non-hydrogen) atoms. The van der Waals surface area contributed by atoms with Crippen LogP contribution in [-0.2, 0) is 17.0 Å². The maximum atomic E-state index is 4.89. The number of nitrogens with zero attached hydrogens (tertiary/aromatic N) is 1. The quantitative estimate of drug-likeness (QED) is 0.665. The van der Waals surface area contributed by atoms with E-state index in [-0.39, 0.29) is 0 Å². The van der Waals surface area contributed by atoms with Gasteiger partial charge in [-0.3, -0.25) is 0 Å². The summed E-state index contributed by atoms with van der Waals surface area (Å²) in [6, 6.07) is 0. The Balaban J connectivity index is 0. The van der Waals surface area contributed by atoms with Crippen LogP contribution in [0.3, 0.4) is 0 Å². The normalized spacial score (nSPS) is 11.7. The molecule has 0 rings (SSSR count). The van der Waals surface area contributed by atoms with Gasteiger partial charge in [0.2, 0.25) is 0 Å². The molecule has 0 amide bonds. The molecule has 0 aromatic rings. The molecule has 0 unspecified atom stereocenters. The first-order chi connectivity index (χ1) is 5.12. The van der Waals surface area contributed by atoms with Gasteiger partial charge in [-0.1, -0.05) is 55.8 Å². The first kappa shape index (κ1) is 16.1. The van der Waals surface area contributed by atoms with Gasteiger partial charge < -0.3 is 4.65 Å². The Kier molecular flexibility index (Phi) is 9.47. The molecular weight excluding hydrogens is 261 g/mol. The van der Waals surface area contributed by atoms with Crippen molar-refractivity contribution in [3.05, 3.63) is 4.65 Å². The van der Waals surface area contributed by atoms with E-state index in [1.165, 1.54) is 0 Å².